The van der Waals surface area contributed by atoms with Gasteiger partial charge < -0.3 is 5.11 Å². The molecule has 2 bridgehead atoms. The van der Waals surface area contributed by atoms with Crippen LogP contribution in [0.5, 0.6) is 0 Å². The van der Waals surface area contributed by atoms with Gasteiger partial charge in [0.2, 0.25) is 0 Å². The lowest BCUT2D eigenvalue weighted by atomic mass is 9.91. The van der Waals surface area contributed by atoms with Gasteiger partial charge in [-0.05, 0) is 50.0 Å². The first-order chi connectivity index (χ1) is 6.16. The van der Waals surface area contributed by atoms with Crippen LogP contribution < -0.4 is 0 Å². The monoisotopic (exact) mass is 178 g/mol. The first-order valence-corrected chi connectivity index (χ1v) is 5.21. The number of aliphatic hydroxyl groups excluding tert-OH is 1. The molecule has 2 rings (SSSR count). The number of fused-ring (bicyclic) bond motifs is 2. The molecule has 0 heterocycles. The maximum absolute atomic E-state index is 9.37. The maximum Gasteiger partial charge on any atom is 0.0719 e. The molecule has 0 unspecified atom stereocenters. The predicted octanol–water partition coefficient (Wildman–Crippen LogP) is 2.53. The van der Waals surface area contributed by atoms with E-state index < -0.39 is 0 Å². The summed E-state index contributed by atoms with van der Waals surface area (Å²) in [6, 6.07) is 0. The lowest BCUT2D eigenvalue weighted by Crippen LogP contribution is -2.08. The van der Waals surface area contributed by atoms with E-state index in [9.17, 15) is 5.11 Å². The topological polar surface area (TPSA) is 20.2 Å². The third-order valence-electron chi connectivity index (χ3n) is 3.47. The van der Waals surface area contributed by atoms with Gasteiger partial charge in [0, 0.05) is 0 Å². The van der Waals surface area contributed by atoms with Crippen LogP contribution in [-0.2, 0) is 0 Å². The molecule has 0 aliphatic heterocycles. The second-order valence-electron chi connectivity index (χ2n) is 4.53. The Morgan fingerprint density at radius 3 is 2.69 bits per heavy atom. The van der Waals surface area contributed by atoms with E-state index in [4.69, 9.17) is 0 Å². The molecule has 1 N–H and O–H groups in total. The van der Waals surface area contributed by atoms with Gasteiger partial charge in [0.05, 0.1) is 6.10 Å². The van der Waals surface area contributed by atoms with E-state index in [1.54, 1.807) is 0 Å². The quantitative estimate of drug-likeness (QED) is 0.644. The normalized spacial score (nSPS) is 39.9. The van der Waals surface area contributed by atoms with Crippen molar-refractivity contribution >= 4 is 0 Å². The molecule has 4 atom stereocenters. The van der Waals surface area contributed by atoms with E-state index in [1.807, 2.05) is 13.8 Å². The Balaban J connectivity index is 2.04. The van der Waals surface area contributed by atoms with Gasteiger partial charge in [-0.2, -0.15) is 0 Å². The van der Waals surface area contributed by atoms with Crippen LogP contribution in [0, 0.1) is 17.8 Å². The summed E-state index contributed by atoms with van der Waals surface area (Å²) in [6.45, 7) is 3.87. The molecular formula is C12H18O. The Morgan fingerprint density at radius 1 is 1.46 bits per heavy atom. The zero-order valence-electron chi connectivity index (χ0n) is 8.40. The van der Waals surface area contributed by atoms with Crippen LogP contribution in [0.15, 0.2) is 23.8 Å². The van der Waals surface area contributed by atoms with E-state index >= 15 is 0 Å². The van der Waals surface area contributed by atoms with Gasteiger partial charge in [-0.3, -0.25) is 0 Å². The molecule has 2 aliphatic carbocycles. The van der Waals surface area contributed by atoms with E-state index in [2.05, 4.69) is 18.2 Å². The van der Waals surface area contributed by atoms with Crippen molar-refractivity contribution in [3.63, 3.8) is 0 Å². The molecular weight excluding hydrogens is 160 g/mol. The van der Waals surface area contributed by atoms with E-state index in [1.165, 1.54) is 12.8 Å². The zero-order valence-corrected chi connectivity index (χ0v) is 8.40. The molecule has 13 heavy (non-hydrogen) atoms. The van der Waals surface area contributed by atoms with Gasteiger partial charge in [-0.25, -0.2) is 0 Å². The predicted molar refractivity (Wildman–Crippen MR) is 54.3 cm³/mol. The molecule has 0 amide bonds. The van der Waals surface area contributed by atoms with Crippen molar-refractivity contribution in [1.82, 2.24) is 0 Å². The smallest absolute Gasteiger partial charge is 0.0719 e. The van der Waals surface area contributed by atoms with Crippen molar-refractivity contribution < 1.29 is 5.11 Å². The van der Waals surface area contributed by atoms with Crippen LogP contribution in [0.1, 0.15) is 26.7 Å². The Hall–Kier alpha value is -0.560. The van der Waals surface area contributed by atoms with Crippen LogP contribution in [0.4, 0.5) is 0 Å². The van der Waals surface area contributed by atoms with E-state index in [0.717, 1.165) is 17.4 Å². The fourth-order valence-corrected chi connectivity index (χ4v) is 2.49. The first-order valence-electron chi connectivity index (χ1n) is 5.21. The fourth-order valence-electron chi connectivity index (χ4n) is 2.49. The molecule has 72 valence electrons. The van der Waals surface area contributed by atoms with Crippen molar-refractivity contribution in [2.24, 2.45) is 17.8 Å². The summed E-state index contributed by atoms with van der Waals surface area (Å²) >= 11 is 0. The summed E-state index contributed by atoms with van der Waals surface area (Å²) in [7, 11) is 0. The van der Waals surface area contributed by atoms with Crippen LogP contribution in [-0.4, -0.2) is 11.2 Å². The van der Waals surface area contributed by atoms with Crippen LogP contribution in [0.25, 0.3) is 0 Å². The second kappa shape index (κ2) is 3.30. The second-order valence-corrected chi connectivity index (χ2v) is 4.53. The zero-order chi connectivity index (χ0) is 9.42. The van der Waals surface area contributed by atoms with Crippen LogP contribution in [0.2, 0.25) is 0 Å². The Morgan fingerprint density at radius 2 is 2.23 bits per heavy atom. The van der Waals surface area contributed by atoms with Crippen molar-refractivity contribution in [3.8, 4) is 0 Å². The summed E-state index contributed by atoms with van der Waals surface area (Å²) in [5.41, 5.74) is 1.13. The molecule has 0 saturated heterocycles. The molecule has 0 radical (unpaired) electrons. The Bertz CT molecular complexity index is 250. The molecule has 1 nitrogen and oxygen atoms in total. The number of hydrogen-bond donors (Lipinski definition) is 1. The molecule has 1 heteroatoms. The van der Waals surface area contributed by atoms with Crippen LogP contribution in [0.3, 0.4) is 0 Å². The highest BCUT2D eigenvalue weighted by atomic mass is 16.3. The summed E-state index contributed by atoms with van der Waals surface area (Å²) in [5.74, 6) is 2.29. The molecule has 1 fully saturated rings. The van der Waals surface area contributed by atoms with Gasteiger partial charge in [-0.15, -0.1) is 0 Å². The van der Waals surface area contributed by atoms with Gasteiger partial charge in [-0.1, -0.05) is 18.2 Å². The SMILES string of the molecule is C/C(=C\[C@H]1C[C@H]2C=C[C@H]1C2)[C@H](C)O. The maximum atomic E-state index is 9.37. The van der Waals surface area contributed by atoms with Gasteiger partial charge in [0.25, 0.3) is 0 Å². The summed E-state index contributed by atoms with van der Waals surface area (Å²) in [6.07, 6.45) is 9.35. The minimum Gasteiger partial charge on any atom is -0.389 e. The Kier molecular flexibility index (Phi) is 2.29. The minimum atomic E-state index is -0.275. The number of aliphatic hydroxyl groups is 1. The van der Waals surface area contributed by atoms with E-state index in [-0.39, 0.29) is 6.10 Å². The van der Waals surface area contributed by atoms with Crippen molar-refractivity contribution in [3.05, 3.63) is 23.8 Å². The highest BCUT2D eigenvalue weighted by molar-refractivity contribution is 5.17. The molecule has 0 aromatic rings. The van der Waals surface area contributed by atoms with E-state index in [0.29, 0.717) is 5.92 Å². The highest BCUT2D eigenvalue weighted by Crippen LogP contribution is 2.44. The largest absolute Gasteiger partial charge is 0.389 e. The third-order valence-corrected chi connectivity index (χ3v) is 3.47. The molecule has 0 aromatic heterocycles. The molecule has 2 aliphatic rings. The summed E-state index contributed by atoms with van der Waals surface area (Å²) in [4.78, 5) is 0. The standard InChI is InChI=1S/C12H18O/c1-8(9(2)13)5-12-7-10-3-4-11(12)6-10/h3-5,9-13H,6-7H2,1-2H3/b8-5+/t9-,10-,11-,12-/m0/s1. The summed E-state index contributed by atoms with van der Waals surface area (Å²) < 4.78 is 0. The molecule has 0 spiro atoms. The van der Waals surface area contributed by atoms with Gasteiger partial charge in [0.1, 0.15) is 0 Å². The molecule has 1 saturated carbocycles. The highest BCUT2D eigenvalue weighted by Gasteiger charge is 2.34. The van der Waals surface area contributed by atoms with Crippen LogP contribution >= 0.6 is 0 Å². The Labute approximate surface area is 80.2 Å². The first kappa shape index (κ1) is 9.01. The number of rotatable bonds is 2. The lowest BCUT2D eigenvalue weighted by molar-refractivity contribution is 0.230. The van der Waals surface area contributed by atoms with Gasteiger partial charge in [0.15, 0.2) is 0 Å². The number of allylic oxidation sites excluding steroid dienone is 3. The average molecular weight is 178 g/mol. The fraction of sp³-hybridized carbons (Fsp3) is 0.667. The average Bonchev–Trinajstić information content (AvgIpc) is 2.64. The summed E-state index contributed by atoms with van der Waals surface area (Å²) in [5, 5.41) is 9.37. The molecule has 0 aromatic carbocycles. The van der Waals surface area contributed by atoms with Gasteiger partial charge >= 0.3 is 0 Å². The third kappa shape index (κ3) is 1.71. The number of hydrogen-bond acceptors (Lipinski definition) is 1. The van der Waals surface area contributed by atoms with Crippen molar-refractivity contribution in [1.29, 1.82) is 0 Å². The van der Waals surface area contributed by atoms with Crippen molar-refractivity contribution in [2.45, 2.75) is 32.8 Å². The van der Waals surface area contributed by atoms with Crippen molar-refractivity contribution in [2.75, 3.05) is 0 Å². The lowest BCUT2D eigenvalue weighted by Gasteiger charge is -2.15. The minimum absolute atomic E-state index is 0.275.